The molecule has 2 atom stereocenters. The van der Waals surface area contributed by atoms with Gasteiger partial charge >= 0.3 is 12.4 Å². The fourth-order valence-corrected chi connectivity index (χ4v) is 3.00. The van der Waals surface area contributed by atoms with E-state index in [2.05, 4.69) is 27.9 Å². The second kappa shape index (κ2) is 6.96. The molecule has 3 N–H and O–H groups in total. The predicted molar refractivity (Wildman–Crippen MR) is 83.8 cm³/mol. The Balaban J connectivity index is 1.95. The van der Waals surface area contributed by atoms with E-state index >= 15 is 0 Å². The second-order valence-electron chi connectivity index (χ2n) is 5.62. The highest BCUT2D eigenvalue weighted by atomic mass is 127. The lowest BCUT2D eigenvalue weighted by Gasteiger charge is -2.32. The zero-order chi connectivity index (χ0) is 18.2. The van der Waals surface area contributed by atoms with Crippen molar-refractivity contribution in [1.82, 2.24) is 10.6 Å². The molecule has 0 radical (unpaired) electrons. The molecule has 0 aromatic heterocycles. The van der Waals surface area contributed by atoms with E-state index < -0.39 is 24.5 Å². The Bertz CT molecular complexity index is 542. The lowest BCUT2D eigenvalue weighted by molar-refractivity contribution is -0.365. The van der Waals surface area contributed by atoms with Gasteiger partial charge in [-0.05, 0) is 11.1 Å². The maximum atomic E-state index is 12.5. The average Bonchev–Trinajstić information content (AvgIpc) is 3.29. The van der Waals surface area contributed by atoms with Gasteiger partial charge in [0.15, 0.2) is 0 Å². The van der Waals surface area contributed by atoms with Crippen LogP contribution in [0.1, 0.15) is 15.1 Å². The van der Waals surface area contributed by atoms with Crippen molar-refractivity contribution in [3.05, 3.63) is 35.4 Å². The van der Waals surface area contributed by atoms with E-state index in [1.54, 1.807) is 24.3 Å². The van der Waals surface area contributed by atoms with Crippen molar-refractivity contribution in [3.8, 4) is 0 Å². The fourth-order valence-electron chi connectivity index (χ4n) is 2.08. The number of hydrogen-bond acceptors (Lipinski definition) is 3. The first-order valence-corrected chi connectivity index (χ1v) is 8.23. The number of hydrogen-bond donors (Lipinski definition) is 3. The van der Waals surface area contributed by atoms with Crippen molar-refractivity contribution in [2.45, 2.75) is 34.5 Å². The molecule has 2 unspecified atom stereocenters. The summed E-state index contributed by atoms with van der Waals surface area (Å²) in [6, 6.07) is 7.23. The van der Waals surface area contributed by atoms with Crippen molar-refractivity contribution in [1.29, 1.82) is 0 Å². The second-order valence-corrected chi connectivity index (χ2v) is 6.96. The van der Waals surface area contributed by atoms with Crippen LogP contribution < -0.4 is 10.6 Å². The first kappa shape index (κ1) is 19.7. The molecule has 0 spiro atoms. The minimum Gasteiger partial charge on any atom is -0.373 e. The van der Waals surface area contributed by atoms with Crippen molar-refractivity contribution in [2.75, 3.05) is 13.1 Å². The van der Waals surface area contributed by atoms with Gasteiger partial charge < -0.3 is 15.7 Å². The molecular weight excluding hydrogens is 453 g/mol. The SMILES string of the molecule is OC(CNCc1ccc(C(I)C2CN2)cc1)(C(F)(F)F)C(F)(F)F. The number of benzene rings is 1. The van der Waals surface area contributed by atoms with Crippen LogP contribution in [-0.2, 0) is 6.54 Å². The minimum absolute atomic E-state index is 0.220. The van der Waals surface area contributed by atoms with E-state index in [-0.39, 0.29) is 10.5 Å². The monoisotopic (exact) mass is 468 g/mol. The Morgan fingerprint density at radius 1 is 1.12 bits per heavy atom. The summed E-state index contributed by atoms with van der Waals surface area (Å²) >= 11 is 2.27. The Morgan fingerprint density at radius 3 is 2.04 bits per heavy atom. The van der Waals surface area contributed by atoms with Gasteiger partial charge in [-0.1, -0.05) is 46.9 Å². The zero-order valence-electron chi connectivity index (χ0n) is 12.2. The van der Waals surface area contributed by atoms with Crippen LogP contribution in [0.4, 0.5) is 26.3 Å². The first-order valence-electron chi connectivity index (χ1n) is 6.98. The molecule has 10 heteroatoms. The Kier molecular flexibility index (Phi) is 5.72. The standard InChI is InChI=1S/C14H15F6IN2O/c15-13(16,17)12(24,14(18,19)20)7-22-5-8-1-3-9(4-2-8)11(21)10-6-23-10/h1-4,10-11,22-24H,5-7H2. The molecular formula is C14H15F6IN2O. The minimum atomic E-state index is -5.81. The molecule has 0 saturated carbocycles. The van der Waals surface area contributed by atoms with Crippen molar-refractivity contribution in [3.63, 3.8) is 0 Å². The maximum Gasteiger partial charge on any atom is 0.427 e. The summed E-state index contributed by atoms with van der Waals surface area (Å²) in [5.41, 5.74) is -3.22. The van der Waals surface area contributed by atoms with E-state index in [4.69, 9.17) is 5.11 Å². The molecule has 2 rings (SSSR count). The van der Waals surface area contributed by atoms with Crippen molar-refractivity contribution >= 4 is 22.6 Å². The third kappa shape index (κ3) is 4.33. The first-order chi connectivity index (χ1) is 11.0. The molecule has 0 aliphatic carbocycles. The smallest absolute Gasteiger partial charge is 0.373 e. The lowest BCUT2D eigenvalue weighted by atomic mass is 10.0. The van der Waals surface area contributed by atoms with Crippen LogP contribution in [-0.4, -0.2) is 42.2 Å². The summed E-state index contributed by atoms with van der Waals surface area (Å²) in [7, 11) is 0. The van der Waals surface area contributed by atoms with Crippen molar-refractivity contribution < 1.29 is 31.4 Å². The maximum absolute atomic E-state index is 12.5. The summed E-state index contributed by atoms with van der Waals surface area (Å²) in [5, 5.41) is 14.2. The number of aliphatic hydroxyl groups is 1. The van der Waals surface area contributed by atoms with Crippen LogP contribution in [0.3, 0.4) is 0 Å². The number of nitrogens with one attached hydrogen (secondary N) is 2. The molecule has 3 nitrogen and oxygen atoms in total. The van der Waals surface area contributed by atoms with E-state index in [0.29, 0.717) is 11.6 Å². The van der Waals surface area contributed by atoms with Crippen molar-refractivity contribution in [2.24, 2.45) is 0 Å². The summed E-state index contributed by atoms with van der Waals surface area (Å²) in [6.45, 7) is -0.963. The van der Waals surface area contributed by atoms with Crippen LogP contribution >= 0.6 is 22.6 Å². The number of alkyl halides is 7. The molecule has 136 valence electrons. The summed E-state index contributed by atoms with van der Waals surface area (Å²) in [4.78, 5) is 0. The van der Waals surface area contributed by atoms with E-state index in [0.717, 1.165) is 12.1 Å². The Hall–Kier alpha value is -0.590. The highest BCUT2D eigenvalue weighted by Crippen LogP contribution is 2.42. The highest BCUT2D eigenvalue weighted by Gasteiger charge is 2.70. The molecule has 0 bridgehead atoms. The van der Waals surface area contributed by atoms with Crippen LogP contribution in [0.2, 0.25) is 0 Å². The largest absolute Gasteiger partial charge is 0.427 e. The highest BCUT2D eigenvalue weighted by molar-refractivity contribution is 14.1. The zero-order valence-corrected chi connectivity index (χ0v) is 14.3. The Labute approximate surface area is 147 Å². The van der Waals surface area contributed by atoms with Gasteiger partial charge in [-0.15, -0.1) is 0 Å². The molecule has 1 aliphatic rings. The molecule has 1 saturated heterocycles. The van der Waals surface area contributed by atoms with Gasteiger partial charge in [0, 0.05) is 25.7 Å². The molecule has 24 heavy (non-hydrogen) atoms. The van der Waals surface area contributed by atoms with Gasteiger partial charge in [-0.25, -0.2) is 0 Å². The van der Waals surface area contributed by atoms with Crippen LogP contribution in [0.25, 0.3) is 0 Å². The third-order valence-corrected chi connectivity index (χ3v) is 5.33. The molecule has 1 aliphatic heterocycles. The fraction of sp³-hybridized carbons (Fsp3) is 0.571. The lowest BCUT2D eigenvalue weighted by Crippen LogP contribution is -2.62. The quantitative estimate of drug-likeness (QED) is 0.261. The molecule has 1 fully saturated rings. The Morgan fingerprint density at radius 2 is 1.62 bits per heavy atom. The van der Waals surface area contributed by atoms with Gasteiger partial charge in [-0.3, -0.25) is 0 Å². The predicted octanol–water partition coefficient (Wildman–Crippen LogP) is 3.08. The van der Waals surface area contributed by atoms with Crippen LogP contribution in [0.15, 0.2) is 24.3 Å². The molecule has 1 aromatic rings. The van der Waals surface area contributed by atoms with Gasteiger partial charge in [0.2, 0.25) is 0 Å². The van der Waals surface area contributed by atoms with E-state index in [9.17, 15) is 26.3 Å². The van der Waals surface area contributed by atoms with Gasteiger partial charge in [-0.2, -0.15) is 26.3 Å². The summed E-state index contributed by atoms with van der Waals surface area (Å²) in [6.07, 6.45) is -11.6. The average molecular weight is 468 g/mol. The number of halogens is 7. The number of rotatable bonds is 6. The third-order valence-electron chi connectivity index (χ3n) is 3.74. The summed E-state index contributed by atoms with van der Waals surface area (Å²) < 4.78 is 75.5. The van der Waals surface area contributed by atoms with Crippen LogP contribution in [0, 0.1) is 0 Å². The molecule has 0 amide bonds. The topological polar surface area (TPSA) is 54.2 Å². The van der Waals surface area contributed by atoms with Crippen LogP contribution in [0.5, 0.6) is 0 Å². The normalized spacial score (nSPS) is 20.1. The van der Waals surface area contributed by atoms with Gasteiger partial charge in [0.25, 0.3) is 5.60 Å². The van der Waals surface area contributed by atoms with Gasteiger partial charge in [0.1, 0.15) is 0 Å². The molecule has 1 heterocycles. The summed E-state index contributed by atoms with van der Waals surface area (Å²) in [5.74, 6) is 0. The molecule has 1 aromatic carbocycles. The van der Waals surface area contributed by atoms with E-state index in [1.807, 2.05) is 5.32 Å². The van der Waals surface area contributed by atoms with E-state index in [1.165, 1.54) is 0 Å². The van der Waals surface area contributed by atoms with Gasteiger partial charge in [0.05, 0.1) is 3.92 Å².